The monoisotopic (exact) mass is 426 g/mol. The van der Waals surface area contributed by atoms with Gasteiger partial charge in [-0.2, -0.15) is 0 Å². The zero-order chi connectivity index (χ0) is 21.1. The molecule has 2 heterocycles. The average Bonchev–Trinajstić information content (AvgIpc) is 3.16. The lowest BCUT2D eigenvalue weighted by molar-refractivity contribution is -0.140. The molecule has 156 valence electrons. The SMILES string of the molecule is CC1CN(C(=O)CSc2nnc(-c3ccc(F)cc3)n2-c2ccccc2)CC(C)O1. The first-order valence-electron chi connectivity index (χ1n) is 9.84. The zero-order valence-electron chi connectivity index (χ0n) is 16.9. The van der Waals surface area contributed by atoms with Gasteiger partial charge in [-0.15, -0.1) is 10.2 Å². The third-order valence-electron chi connectivity index (χ3n) is 4.85. The average molecular weight is 427 g/mol. The highest BCUT2D eigenvalue weighted by molar-refractivity contribution is 7.99. The first-order chi connectivity index (χ1) is 14.5. The van der Waals surface area contributed by atoms with E-state index < -0.39 is 0 Å². The first kappa shape index (κ1) is 20.6. The van der Waals surface area contributed by atoms with Crippen molar-refractivity contribution in [2.75, 3.05) is 18.8 Å². The molecular formula is C22H23FN4O2S. The van der Waals surface area contributed by atoms with Crippen LogP contribution in [0.1, 0.15) is 13.8 Å². The van der Waals surface area contributed by atoms with Crippen LogP contribution < -0.4 is 0 Å². The number of carbonyl (C=O) groups is 1. The van der Waals surface area contributed by atoms with Gasteiger partial charge in [0.2, 0.25) is 5.91 Å². The number of nitrogens with zero attached hydrogens (tertiary/aromatic N) is 4. The second kappa shape index (κ2) is 8.97. The van der Waals surface area contributed by atoms with Crippen LogP contribution in [-0.4, -0.2) is 56.6 Å². The Bertz CT molecular complexity index is 1000. The van der Waals surface area contributed by atoms with Gasteiger partial charge in [0.15, 0.2) is 11.0 Å². The second-order valence-corrected chi connectivity index (χ2v) is 8.27. The lowest BCUT2D eigenvalue weighted by Crippen LogP contribution is -2.48. The van der Waals surface area contributed by atoms with Crippen LogP contribution in [0.25, 0.3) is 17.1 Å². The Morgan fingerprint density at radius 3 is 2.40 bits per heavy atom. The van der Waals surface area contributed by atoms with Gasteiger partial charge in [0.25, 0.3) is 0 Å². The molecule has 0 aliphatic carbocycles. The van der Waals surface area contributed by atoms with Gasteiger partial charge in [-0.25, -0.2) is 4.39 Å². The van der Waals surface area contributed by atoms with Crippen LogP contribution in [-0.2, 0) is 9.53 Å². The van der Waals surface area contributed by atoms with E-state index in [1.807, 2.05) is 53.6 Å². The van der Waals surface area contributed by atoms with Gasteiger partial charge >= 0.3 is 0 Å². The Morgan fingerprint density at radius 2 is 1.73 bits per heavy atom. The normalized spacial score (nSPS) is 19.1. The van der Waals surface area contributed by atoms with Gasteiger partial charge in [0, 0.05) is 24.3 Å². The van der Waals surface area contributed by atoms with Crippen LogP contribution in [0.3, 0.4) is 0 Å². The van der Waals surface area contributed by atoms with Crippen LogP contribution >= 0.6 is 11.8 Å². The number of rotatable bonds is 5. The topological polar surface area (TPSA) is 60.2 Å². The molecule has 1 aliphatic rings. The van der Waals surface area contributed by atoms with Gasteiger partial charge in [-0.3, -0.25) is 9.36 Å². The molecule has 1 amide bonds. The van der Waals surface area contributed by atoms with Gasteiger partial charge in [0.1, 0.15) is 5.82 Å². The van der Waals surface area contributed by atoms with E-state index in [4.69, 9.17) is 4.74 Å². The maximum Gasteiger partial charge on any atom is 0.233 e. The number of hydrogen-bond acceptors (Lipinski definition) is 5. The zero-order valence-corrected chi connectivity index (χ0v) is 17.7. The van der Waals surface area contributed by atoms with E-state index in [9.17, 15) is 9.18 Å². The Morgan fingerprint density at radius 1 is 1.07 bits per heavy atom. The van der Waals surface area contributed by atoms with Crippen molar-refractivity contribution in [3.8, 4) is 17.1 Å². The minimum absolute atomic E-state index is 0.0285. The third kappa shape index (κ3) is 4.55. The highest BCUT2D eigenvalue weighted by Crippen LogP contribution is 2.28. The number of ether oxygens (including phenoxy) is 1. The summed E-state index contributed by atoms with van der Waals surface area (Å²) in [6.45, 7) is 5.14. The molecule has 0 bridgehead atoms. The summed E-state index contributed by atoms with van der Waals surface area (Å²) in [5, 5.41) is 9.27. The first-order valence-corrected chi connectivity index (χ1v) is 10.8. The Balaban J connectivity index is 1.59. The molecule has 1 fully saturated rings. The fourth-order valence-corrected chi connectivity index (χ4v) is 4.41. The van der Waals surface area contributed by atoms with Crippen LogP contribution in [0.5, 0.6) is 0 Å². The van der Waals surface area contributed by atoms with Crippen molar-refractivity contribution in [1.82, 2.24) is 19.7 Å². The molecule has 2 atom stereocenters. The van der Waals surface area contributed by atoms with Crippen molar-refractivity contribution in [3.63, 3.8) is 0 Å². The standard InChI is InChI=1S/C22H23FN4O2S/c1-15-12-26(13-16(2)29-15)20(28)14-30-22-25-24-21(17-8-10-18(23)11-9-17)27(22)19-6-4-3-5-7-19/h3-11,15-16H,12-14H2,1-2H3. The molecular weight excluding hydrogens is 403 g/mol. The molecule has 2 aromatic carbocycles. The van der Waals surface area contributed by atoms with Crippen molar-refractivity contribution in [2.24, 2.45) is 0 Å². The molecule has 30 heavy (non-hydrogen) atoms. The number of carbonyl (C=O) groups excluding carboxylic acids is 1. The van der Waals surface area contributed by atoms with Gasteiger partial charge in [0.05, 0.1) is 18.0 Å². The summed E-state index contributed by atoms with van der Waals surface area (Å²) in [6.07, 6.45) is 0.0569. The van der Waals surface area contributed by atoms with E-state index in [1.54, 1.807) is 12.1 Å². The summed E-state index contributed by atoms with van der Waals surface area (Å²) in [7, 11) is 0. The lowest BCUT2D eigenvalue weighted by atomic mass is 10.2. The Labute approximate surface area is 179 Å². The van der Waals surface area contributed by atoms with Crippen LogP contribution in [0.4, 0.5) is 4.39 Å². The number of benzene rings is 2. The third-order valence-corrected chi connectivity index (χ3v) is 5.76. The largest absolute Gasteiger partial charge is 0.372 e. The molecule has 0 spiro atoms. The van der Waals surface area contributed by atoms with Gasteiger partial charge in [-0.05, 0) is 50.2 Å². The number of amides is 1. The number of hydrogen-bond donors (Lipinski definition) is 0. The number of aromatic nitrogens is 3. The smallest absolute Gasteiger partial charge is 0.233 e. The van der Waals surface area contributed by atoms with E-state index in [1.165, 1.54) is 23.9 Å². The summed E-state index contributed by atoms with van der Waals surface area (Å²) >= 11 is 1.35. The maximum absolute atomic E-state index is 13.4. The van der Waals surface area contributed by atoms with Crippen molar-refractivity contribution < 1.29 is 13.9 Å². The molecule has 1 saturated heterocycles. The molecule has 0 radical (unpaired) electrons. The minimum atomic E-state index is -0.307. The second-order valence-electron chi connectivity index (χ2n) is 7.33. The number of thioether (sulfide) groups is 1. The quantitative estimate of drug-likeness (QED) is 0.581. The van der Waals surface area contributed by atoms with E-state index in [-0.39, 0.29) is 29.7 Å². The highest BCUT2D eigenvalue weighted by atomic mass is 32.2. The fourth-order valence-electron chi connectivity index (χ4n) is 3.56. The van der Waals surface area contributed by atoms with E-state index in [0.717, 1.165) is 11.3 Å². The highest BCUT2D eigenvalue weighted by Gasteiger charge is 2.26. The predicted octanol–water partition coefficient (Wildman–Crippen LogP) is 3.80. The predicted molar refractivity (Wildman–Crippen MR) is 114 cm³/mol. The fraction of sp³-hybridized carbons (Fsp3) is 0.318. The summed E-state index contributed by atoms with van der Waals surface area (Å²) in [4.78, 5) is 14.6. The summed E-state index contributed by atoms with van der Waals surface area (Å²) in [5.41, 5.74) is 1.63. The molecule has 6 nitrogen and oxygen atoms in total. The number of halogens is 1. The van der Waals surface area contributed by atoms with E-state index >= 15 is 0 Å². The summed E-state index contributed by atoms with van der Waals surface area (Å²) in [6, 6.07) is 15.8. The Hall–Kier alpha value is -2.71. The molecule has 0 saturated carbocycles. The number of morpholine rings is 1. The van der Waals surface area contributed by atoms with Crippen molar-refractivity contribution in [2.45, 2.75) is 31.2 Å². The lowest BCUT2D eigenvalue weighted by Gasteiger charge is -2.35. The maximum atomic E-state index is 13.4. The van der Waals surface area contributed by atoms with E-state index in [0.29, 0.717) is 24.1 Å². The van der Waals surface area contributed by atoms with E-state index in [2.05, 4.69) is 10.2 Å². The molecule has 8 heteroatoms. The molecule has 4 rings (SSSR count). The van der Waals surface area contributed by atoms with Crippen LogP contribution in [0, 0.1) is 5.82 Å². The van der Waals surface area contributed by atoms with Crippen LogP contribution in [0.15, 0.2) is 59.8 Å². The molecule has 1 aliphatic heterocycles. The van der Waals surface area contributed by atoms with Crippen molar-refractivity contribution in [3.05, 3.63) is 60.4 Å². The van der Waals surface area contributed by atoms with Crippen molar-refractivity contribution >= 4 is 17.7 Å². The number of para-hydroxylation sites is 1. The minimum Gasteiger partial charge on any atom is -0.372 e. The van der Waals surface area contributed by atoms with Crippen LogP contribution in [0.2, 0.25) is 0 Å². The summed E-state index contributed by atoms with van der Waals surface area (Å²) in [5.74, 6) is 0.602. The molecule has 2 unspecified atom stereocenters. The molecule has 0 N–H and O–H groups in total. The van der Waals surface area contributed by atoms with Gasteiger partial charge in [-0.1, -0.05) is 30.0 Å². The van der Waals surface area contributed by atoms with Gasteiger partial charge < -0.3 is 9.64 Å². The molecule has 1 aromatic heterocycles. The Kier molecular flexibility index (Phi) is 6.15. The summed E-state index contributed by atoms with van der Waals surface area (Å²) < 4.78 is 21.0. The van der Waals surface area contributed by atoms with Crippen molar-refractivity contribution in [1.29, 1.82) is 0 Å². The molecule has 3 aromatic rings.